The predicted octanol–water partition coefficient (Wildman–Crippen LogP) is 1.74. The fourth-order valence-electron chi connectivity index (χ4n) is 3.01. The Kier molecular flexibility index (Phi) is 4.29. The molecule has 0 aliphatic carbocycles. The van der Waals surface area contributed by atoms with Gasteiger partial charge >= 0.3 is 0 Å². The van der Waals surface area contributed by atoms with E-state index in [1.54, 1.807) is 7.11 Å². The first-order valence-electron chi connectivity index (χ1n) is 7.55. The Morgan fingerprint density at radius 3 is 2.90 bits per heavy atom. The summed E-state index contributed by atoms with van der Waals surface area (Å²) in [6, 6.07) is 7.74. The third-order valence-electron chi connectivity index (χ3n) is 4.24. The number of piperidine rings is 1. The molecule has 1 N–H and O–H groups in total. The van der Waals surface area contributed by atoms with E-state index in [9.17, 15) is 4.79 Å². The van der Waals surface area contributed by atoms with Gasteiger partial charge in [-0.2, -0.15) is 0 Å². The van der Waals surface area contributed by atoms with E-state index in [-0.39, 0.29) is 5.91 Å². The Morgan fingerprint density at radius 1 is 1.38 bits per heavy atom. The number of carbonyl (C=O) groups excluding carboxylic acids is 1. The number of fused-ring (bicyclic) bond motifs is 1. The summed E-state index contributed by atoms with van der Waals surface area (Å²) in [6.45, 7) is 2.92. The lowest BCUT2D eigenvalue weighted by Crippen LogP contribution is -2.49. The van der Waals surface area contributed by atoms with Gasteiger partial charge in [-0.3, -0.25) is 4.79 Å². The molecule has 1 saturated heterocycles. The molecular formula is C16H22N2O3. The molecule has 2 heterocycles. The number of rotatable bonds is 3. The number of benzene rings is 1. The zero-order valence-corrected chi connectivity index (χ0v) is 12.4. The quantitative estimate of drug-likeness (QED) is 0.921. The van der Waals surface area contributed by atoms with Crippen molar-refractivity contribution in [3.8, 4) is 5.75 Å². The highest BCUT2D eigenvalue weighted by atomic mass is 16.5. The third-order valence-corrected chi connectivity index (χ3v) is 4.24. The van der Waals surface area contributed by atoms with Crippen molar-refractivity contribution in [3.05, 3.63) is 24.3 Å². The van der Waals surface area contributed by atoms with Crippen LogP contribution in [0.25, 0.3) is 0 Å². The van der Waals surface area contributed by atoms with Gasteiger partial charge in [0.1, 0.15) is 5.75 Å². The SMILES string of the molecule is COCC1CCN(C(=O)C2CNc3ccccc3O2)CC1. The highest BCUT2D eigenvalue weighted by Gasteiger charge is 2.31. The normalized spacial score (nSPS) is 22.1. The molecule has 1 fully saturated rings. The number of likely N-dealkylation sites (tertiary alicyclic amines) is 1. The smallest absolute Gasteiger partial charge is 0.265 e. The van der Waals surface area contributed by atoms with Crippen molar-refractivity contribution >= 4 is 11.6 Å². The number of anilines is 1. The summed E-state index contributed by atoms with van der Waals surface area (Å²) in [4.78, 5) is 14.5. The second-order valence-corrected chi connectivity index (χ2v) is 5.71. The minimum absolute atomic E-state index is 0.0906. The van der Waals surface area contributed by atoms with Gasteiger partial charge in [0.25, 0.3) is 5.91 Å². The van der Waals surface area contributed by atoms with Gasteiger partial charge < -0.3 is 19.7 Å². The molecule has 1 unspecified atom stereocenters. The van der Waals surface area contributed by atoms with E-state index in [1.165, 1.54) is 0 Å². The van der Waals surface area contributed by atoms with Crippen LogP contribution in [0.2, 0.25) is 0 Å². The Bertz CT molecular complexity index is 498. The van der Waals surface area contributed by atoms with Gasteiger partial charge in [0.05, 0.1) is 12.2 Å². The van der Waals surface area contributed by atoms with Crippen LogP contribution in [0.3, 0.4) is 0 Å². The second kappa shape index (κ2) is 6.35. The minimum Gasteiger partial charge on any atom is -0.477 e. The van der Waals surface area contributed by atoms with Gasteiger partial charge in [-0.15, -0.1) is 0 Å². The summed E-state index contributed by atoms with van der Waals surface area (Å²) in [5.74, 6) is 1.43. The maximum Gasteiger partial charge on any atom is 0.265 e. The first-order valence-corrected chi connectivity index (χ1v) is 7.55. The lowest BCUT2D eigenvalue weighted by Gasteiger charge is -2.35. The first kappa shape index (κ1) is 14.2. The van der Waals surface area contributed by atoms with E-state index in [0.717, 1.165) is 44.0 Å². The maximum absolute atomic E-state index is 12.6. The van der Waals surface area contributed by atoms with Crippen molar-refractivity contribution in [1.29, 1.82) is 0 Å². The number of amides is 1. The van der Waals surface area contributed by atoms with Crippen LogP contribution in [-0.4, -0.2) is 50.3 Å². The molecule has 0 aromatic heterocycles. The Hall–Kier alpha value is -1.75. The van der Waals surface area contributed by atoms with Crippen molar-refractivity contribution in [3.63, 3.8) is 0 Å². The fraction of sp³-hybridized carbons (Fsp3) is 0.562. The molecule has 1 atom stereocenters. The number of methoxy groups -OCH3 is 1. The van der Waals surface area contributed by atoms with Crippen LogP contribution in [-0.2, 0) is 9.53 Å². The van der Waals surface area contributed by atoms with Gasteiger partial charge in [0, 0.05) is 26.8 Å². The van der Waals surface area contributed by atoms with Crippen LogP contribution in [0.1, 0.15) is 12.8 Å². The number of hydrogen-bond acceptors (Lipinski definition) is 4. The van der Waals surface area contributed by atoms with Crippen LogP contribution in [0.4, 0.5) is 5.69 Å². The molecule has 1 amide bonds. The molecule has 5 heteroatoms. The number of nitrogens with zero attached hydrogens (tertiary/aromatic N) is 1. The Morgan fingerprint density at radius 2 is 2.14 bits per heavy atom. The zero-order valence-electron chi connectivity index (χ0n) is 12.4. The van der Waals surface area contributed by atoms with E-state index >= 15 is 0 Å². The molecule has 5 nitrogen and oxygen atoms in total. The van der Waals surface area contributed by atoms with E-state index in [2.05, 4.69) is 5.32 Å². The molecule has 2 aliphatic rings. The van der Waals surface area contributed by atoms with Gasteiger partial charge in [-0.05, 0) is 30.9 Å². The Labute approximate surface area is 125 Å². The molecule has 2 aliphatic heterocycles. The molecule has 0 radical (unpaired) electrons. The molecule has 0 bridgehead atoms. The van der Waals surface area contributed by atoms with Crippen molar-refractivity contribution in [2.45, 2.75) is 18.9 Å². The molecule has 21 heavy (non-hydrogen) atoms. The summed E-state index contributed by atoms with van der Waals surface area (Å²) in [7, 11) is 1.73. The lowest BCUT2D eigenvalue weighted by molar-refractivity contribution is -0.140. The number of ether oxygens (including phenoxy) is 2. The predicted molar refractivity (Wildman–Crippen MR) is 80.5 cm³/mol. The van der Waals surface area contributed by atoms with E-state index in [1.807, 2.05) is 29.2 Å². The van der Waals surface area contributed by atoms with E-state index in [0.29, 0.717) is 12.5 Å². The standard InChI is InChI=1S/C16H22N2O3/c1-20-11-12-6-8-18(9-7-12)16(19)15-10-17-13-4-2-3-5-14(13)21-15/h2-5,12,15,17H,6-11H2,1H3. The minimum atomic E-state index is -0.418. The van der Waals surface area contributed by atoms with Gasteiger partial charge in [0.15, 0.2) is 6.10 Å². The third kappa shape index (κ3) is 3.13. The molecular weight excluding hydrogens is 268 g/mol. The number of carbonyl (C=O) groups is 1. The zero-order chi connectivity index (χ0) is 14.7. The summed E-state index contributed by atoms with van der Waals surface area (Å²) >= 11 is 0. The first-order chi connectivity index (χ1) is 10.3. The molecule has 1 aromatic carbocycles. The van der Waals surface area contributed by atoms with Crippen LogP contribution < -0.4 is 10.1 Å². The lowest BCUT2D eigenvalue weighted by atomic mass is 9.97. The number of nitrogens with one attached hydrogen (secondary N) is 1. The summed E-state index contributed by atoms with van der Waals surface area (Å²) in [5.41, 5.74) is 0.959. The Balaban J connectivity index is 1.57. The summed E-state index contributed by atoms with van der Waals surface area (Å²) in [5, 5.41) is 3.27. The summed E-state index contributed by atoms with van der Waals surface area (Å²) in [6.07, 6.45) is 1.60. The molecule has 114 valence electrons. The van der Waals surface area contributed by atoms with E-state index in [4.69, 9.17) is 9.47 Å². The maximum atomic E-state index is 12.6. The van der Waals surface area contributed by atoms with E-state index < -0.39 is 6.10 Å². The number of para-hydroxylation sites is 2. The van der Waals surface area contributed by atoms with Crippen molar-refractivity contribution in [1.82, 2.24) is 4.90 Å². The van der Waals surface area contributed by atoms with Gasteiger partial charge in [0.2, 0.25) is 0 Å². The second-order valence-electron chi connectivity index (χ2n) is 5.71. The molecule has 0 saturated carbocycles. The van der Waals surface area contributed by atoms with Crippen LogP contribution >= 0.6 is 0 Å². The molecule has 0 spiro atoms. The van der Waals surface area contributed by atoms with Gasteiger partial charge in [-0.1, -0.05) is 12.1 Å². The van der Waals surface area contributed by atoms with Crippen LogP contribution in [0, 0.1) is 5.92 Å². The molecule has 3 rings (SSSR count). The van der Waals surface area contributed by atoms with Crippen molar-refractivity contribution in [2.24, 2.45) is 5.92 Å². The summed E-state index contributed by atoms with van der Waals surface area (Å²) < 4.78 is 11.0. The largest absolute Gasteiger partial charge is 0.477 e. The monoisotopic (exact) mass is 290 g/mol. The fourth-order valence-corrected chi connectivity index (χ4v) is 3.01. The topological polar surface area (TPSA) is 50.8 Å². The number of hydrogen-bond donors (Lipinski definition) is 1. The highest BCUT2D eigenvalue weighted by molar-refractivity contribution is 5.83. The van der Waals surface area contributed by atoms with Crippen molar-refractivity contribution < 1.29 is 14.3 Å². The highest BCUT2D eigenvalue weighted by Crippen LogP contribution is 2.29. The van der Waals surface area contributed by atoms with Crippen LogP contribution in [0.15, 0.2) is 24.3 Å². The van der Waals surface area contributed by atoms with Crippen molar-refractivity contribution in [2.75, 3.05) is 38.7 Å². The molecule has 1 aromatic rings. The average molecular weight is 290 g/mol. The van der Waals surface area contributed by atoms with Crippen LogP contribution in [0.5, 0.6) is 5.75 Å². The van der Waals surface area contributed by atoms with Gasteiger partial charge in [-0.25, -0.2) is 0 Å². The average Bonchev–Trinajstić information content (AvgIpc) is 2.55.